The van der Waals surface area contributed by atoms with Crippen LogP contribution in [0.5, 0.6) is 0 Å². The second-order valence-electron chi connectivity index (χ2n) is 5.53. The molecule has 0 spiro atoms. The molecule has 0 radical (unpaired) electrons. The van der Waals surface area contributed by atoms with E-state index in [1.54, 1.807) is 4.90 Å². The summed E-state index contributed by atoms with van der Waals surface area (Å²) < 4.78 is 0. The smallest absolute Gasteiger partial charge is 0.305 e. The summed E-state index contributed by atoms with van der Waals surface area (Å²) in [7, 11) is 0. The Bertz CT molecular complexity index is 474. The quantitative estimate of drug-likeness (QED) is 0.869. The molecule has 1 N–H and O–H groups in total. The minimum Gasteiger partial charge on any atom is -0.481 e. The number of para-hydroxylation sites is 1. The van der Waals surface area contributed by atoms with Gasteiger partial charge in [-0.3, -0.25) is 9.59 Å². The van der Waals surface area contributed by atoms with Gasteiger partial charge in [-0.25, -0.2) is 0 Å². The maximum Gasteiger partial charge on any atom is 0.305 e. The Hall–Kier alpha value is -1.84. The number of rotatable bonds is 6. The fraction of sp³-hybridized carbons (Fsp3) is 0.500. The molecule has 1 amide bonds. The molecular weight excluding hydrogens is 254 g/mol. The molecular formula is C16H23NO3. The Morgan fingerprint density at radius 3 is 2.20 bits per heavy atom. The SMILES string of the molecule is Cc1cccc(C)c1N(CCC(=O)O)C(=O)CC(C)C. The van der Waals surface area contributed by atoms with E-state index in [2.05, 4.69) is 0 Å². The molecule has 0 aromatic heterocycles. The first-order valence-electron chi connectivity index (χ1n) is 6.91. The van der Waals surface area contributed by atoms with Gasteiger partial charge in [-0.15, -0.1) is 0 Å². The number of carboxylic acid groups (broad SMARTS) is 1. The van der Waals surface area contributed by atoms with E-state index >= 15 is 0 Å². The maximum absolute atomic E-state index is 12.4. The normalized spacial score (nSPS) is 10.7. The van der Waals surface area contributed by atoms with Crippen LogP contribution in [0.4, 0.5) is 5.69 Å². The summed E-state index contributed by atoms with van der Waals surface area (Å²) in [4.78, 5) is 24.8. The first-order chi connectivity index (χ1) is 9.32. The van der Waals surface area contributed by atoms with Crippen LogP contribution < -0.4 is 4.90 Å². The molecule has 1 rings (SSSR count). The second-order valence-corrected chi connectivity index (χ2v) is 5.53. The number of carbonyl (C=O) groups excluding carboxylic acids is 1. The van der Waals surface area contributed by atoms with Crippen molar-refractivity contribution in [3.63, 3.8) is 0 Å². The van der Waals surface area contributed by atoms with Crippen LogP contribution in [0.1, 0.15) is 37.8 Å². The number of carboxylic acids is 1. The van der Waals surface area contributed by atoms with Crippen molar-refractivity contribution in [1.82, 2.24) is 0 Å². The first kappa shape index (κ1) is 16.2. The third-order valence-electron chi connectivity index (χ3n) is 3.14. The molecule has 0 aliphatic carbocycles. The minimum absolute atomic E-state index is 0.0151. The van der Waals surface area contributed by atoms with Gasteiger partial charge < -0.3 is 10.0 Å². The zero-order chi connectivity index (χ0) is 15.3. The molecule has 0 saturated heterocycles. The number of benzene rings is 1. The van der Waals surface area contributed by atoms with Gasteiger partial charge in [-0.2, -0.15) is 0 Å². The highest BCUT2D eigenvalue weighted by atomic mass is 16.4. The van der Waals surface area contributed by atoms with Crippen LogP contribution in [-0.4, -0.2) is 23.5 Å². The van der Waals surface area contributed by atoms with Crippen LogP contribution in [0, 0.1) is 19.8 Å². The molecule has 0 atom stereocenters. The summed E-state index contributed by atoms with van der Waals surface area (Å²) in [5, 5.41) is 8.87. The highest BCUT2D eigenvalue weighted by molar-refractivity contribution is 5.95. The van der Waals surface area contributed by atoms with Gasteiger partial charge in [-0.1, -0.05) is 32.0 Å². The van der Waals surface area contributed by atoms with E-state index in [1.165, 1.54) is 0 Å². The number of nitrogens with zero attached hydrogens (tertiary/aromatic N) is 1. The van der Waals surface area contributed by atoms with Gasteiger partial charge in [0.05, 0.1) is 6.42 Å². The average Bonchev–Trinajstić information content (AvgIpc) is 2.31. The number of aliphatic carboxylic acids is 1. The third kappa shape index (κ3) is 4.37. The molecule has 0 bridgehead atoms. The lowest BCUT2D eigenvalue weighted by Gasteiger charge is -2.26. The van der Waals surface area contributed by atoms with Gasteiger partial charge in [0.15, 0.2) is 0 Å². The van der Waals surface area contributed by atoms with E-state index in [0.29, 0.717) is 6.42 Å². The molecule has 4 heteroatoms. The number of carbonyl (C=O) groups is 2. The summed E-state index contributed by atoms with van der Waals surface area (Å²) in [5.41, 5.74) is 2.83. The predicted octanol–water partition coefficient (Wildman–Crippen LogP) is 3.16. The summed E-state index contributed by atoms with van der Waals surface area (Å²) in [6, 6.07) is 5.83. The fourth-order valence-corrected chi connectivity index (χ4v) is 2.26. The van der Waals surface area contributed by atoms with Gasteiger partial charge in [0.1, 0.15) is 0 Å². The number of aryl methyl sites for hydroxylation is 2. The zero-order valence-corrected chi connectivity index (χ0v) is 12.6. The Labute approximate surface area is 120 Å². The van der Waals surface area contributed by atoms with E-state index in [4.69, 9.17) is 5.11 Å². The van der Waals surface area contributed by atoms with Crippen molar-refractivity contribution < 1.29 is 14.7 Å². The maximum atomic E-state index is 12.4. The molecule has 0 aliphatic rings. The van der Waals surface area contributed by atoms with E-state index in [9.17, 15) is 9.59 Å². The van der Waals surface area contributed by atoms with Gasteiger partial charge in [-0.05, 0) is 30.9 Å². The topological polar surface area (TPSA) is 57.6 Å². The molecule has 0 unspecified atom stereocenters. The molecule has 0 heterocycles. The lowest BCUT2D eigenvalue weighted by Crippen LogP contribution is -2.34. The highest BCUT2D eigenvalue weighted by Gasteiger charge is 2.20. The van der Waals surface area contributed by atoms with Crippen molar-refractivity contribution in [2.24, 2.45) is 5.92 Å². The van der Waals surface area contributed by atoms with E-state index < -0.39 is 5.97 Å². The molecule has 20 heavy (non-hydrogen) atoms. The van der Waals surface area contributed by atoms with E-state index in [-0.39, 0.29) is 24.8 Å². The summed E-state index contributed by atoms with van der Waals surface area (Å²) in [6.45, 7) is 8.07. The zero-order valence-electron chi connectivity index (χ0n) is 12.6. The number of hydrogen-bond acceptors (Lipinski definition) is 2. The van der Waals surface area contributed by atoms with Crippen molar-refractivity contribution in [2.45, 2.75) is 40.5 Å². The molecule has 4 nitrogen and oxygen atoms in total. The van der Waals surface area contributed by atoms with Crippen molar-refractivity contribution in [1.29, 1.82) is 0 Å². The average molecular weight is 277 g/mol. The summed E-state index contributed by atoms with van der Waals surface area (Å²) in [5.74, 6) is -0.656. The largest absolute Gasteiger partial charge is 0.481 e. The Morgan fingerprint density at radius 2 is 1.75 bits per heavy atom. The summed E-state index contributed by atoms with van der Waals surface area (Å²) >= 11 is 0. The molecule has 110 valence electrons. The van der Waals surface area contributed by atoms with Gasteiger partial charge >= 0.3 is 5.97 Å². The van der Waals surface area contributed by atoms with Crippen LogP contribution in [0.3, 0.4) is 0 Å². The lowest BCUT2D eigenvalue weighted by atomic mass is 10.0. The lowest BCUT2D eigenvalue weighted by molar-refractivity contribution is -0.136. The predicted molar refractivity (Wildman–Crippen MR) is 80.0 cm³/mol. The molecule has 0 saturated carbocycles. The van der Waals surface area contributed by atoms with Gasteiger partial charge in [0, 0.05) is 18.7 Å². The van der Waals surface area contributed by atoms with Crippen LogP contribution in [0.25, 0.3) is 0 Å². The van der Waals surface area contributed by atoms with Gasteiger partial charge in [0.2, 0.25) is 5.91 Å². The molecule has 0 fully saturated rings. The van der Waals surface area contributed by atoms with Crippen LogP contribution in [-0.2, 0) is 9.59 Å². The monoisotopic (exact) mass is 277 g/mol. The molecule has 1 aromatic rings. The van der Waals surface area contributed by atoms with Crippen molar-refractivity contribution in [3.8, 4) is 0 Å². The number of anilines is 1. The molecule has 0 aliphatic heterocycles. The number of hydrogen-bond donors (Lipinski definition) is 1. The van der Waals surface area contributed by atoms with Crippen LogP contribution in [0.15, 0.2) is 18.2 Å². The Morgan fingerprint density at radius 1 is 1.20 bits per heavy atom. The Kier molecular flexibility index (Phi) is 5.74. The summed E-state index contributed by atoms with van der Waals surface area (Å²) in [6.07, 6.45) is 0.380. The van der Waals surface area contributed by atoms with E-state index in [1.807, 2.05) is 45.9 Å². The molecule has 1 aromatic carbocycles. The van der Waals surface area contributed by atoms with Crippen molar-refractivity contribution in [3.05, 3.63) is 29.3 Å². The Balaban J connectivity index is 3.09. The van der Waals surface area contributed by atoms with Crippen LogP contribution in [0.2, 0.25) is 0 Å². The third-order valence-corrected chi connectivity index (χ3v) is 3.14. The van der Waals surface area contributed by atoms with Crippen molar-refractivity contribution in [2.75, 3.05) is 11.4 Å². The van der Waals surface area contributed by atoms with Crippen molar-refractivity contribution >= 4 is 17.6 Å². The second kappa shape index (κ2) is 7.08. The van der Waals surface area contributed by atoms with E-state index in [0.717, 1.165) is 16.8 Å². The standard InChI is InChI=1S/C16H23NO3/c1-11(2)10-14(18)17(9-8-15(19)20)16-12(3)6-5-7-13(16)4/h5-7,11H,8-10H2,1-4H3,(H,19,20). The minimum atomic E-state index is -0.890. The number of amides is 1. The highest BCUT2D eigenvalue weighted by Crippen LogP contribution is 2.26. The van der Waals surface area contributed by atoms with Crippen LogP contribution >= 0.6 is 0 Å². The first-order valence-corrected chi connectivity index (χ1v) is 6.91. The fourth-order valence-electron chi connectivity index (χ4n) is 2.26. The van der Waals surface area contributed by atoms with Gasteiger partial charge in [0.25, 0.3) is 0 Å².